The molecular formula is C18H28O5. The van der Waals surface area contributed by atoms with Crippen LogP contribution >= 0.6 is 0 Å². The predicted octanol–water partition coefficient (Wildman–Crippen LogP) is 3.70. The molecule has 5 heteroatoms. The summed E-state index contributed by atoms with van der Waals surface area (Å²) in [5.41, 5.74) is 3.59. The number of carbonyl (C=O) groups excluding carboxylic acids is 1. The predicted molar refractivity (Wildman–Crippen MR) is 89.0 cm³/mol. The standard InChI is InChI=1S/C18H28O5/c1-11-12(2)14(9-20-7)15(17(19)23-18(4,5)6)16(13(11)3)22-10-21-8/h9-10H2,1-8H3. The lowest BCUT2D eigenvalue weighted by molar-refractivity contribution is 0.00505. The third kappa shape index (κ3) is 4.69. The lowest BCUT2D eigenvalue weighted by Gasteiger charge is -2.25. The first kappa shape index (κ1) is 19.5. The van der Waals surface area contributed by atoms with E-state index in [2.05, 4.69) is 0 Å². The Morgan fingerprint density at radius 3 is 2.04 bits per heavy atom. The molecule has 0 saturated heterocycles. The zero-order chi connectivity index (χ0) is 17.8. The van der Waals surface area contributed by atoms with Crippen LogP contribution in [0.15, 0.2) is 0 Å². The second kappa shape index (κ2) is 7.79. The lowest BCUT2D eigenvalue weighted by atomic mass is 9.92. The number of ether oxygens (including phenoxy) is 4. The van der Waals surface area contributed by atoms with E-state index in [1.54, 1.807) is 14.2 Å². The second-order valence-corrected chi connectivity index (χ2v) is 6.54. The van der Waals surface area contributed by atoms with Gasteiger partial charge in [-0.1, -0.05) is 0 Å². The van der Waals surface area contributed by atoms with Gasteiger partial charge < -0.3 is 18.9 Å². The van der Waals surface area contributed by atoms with Gasteiger partial charge in [-0.25, -0.2) is 4.79 Å². The van der Waals surface area contributed by atoms with Crippen LogP contribution in [0.1, 0.15) is 53.4 Å². The molecule has 23 heavy (non-hydrogen) atoms. The van der Waals surface area contributed by atoms with E-state index < -0.39 is 11.6 Å². The first-order chi connectivity index (χ1) is 10.6. The Bertz CT molecular complexity index is 570. The monoisotopic (exact) mass is 324 g/mol. The van der Waals surface area contributed by atoms with Gasteiger partial charge in [0, 0.05) is 14.2 Å². The summed E-state index contributed by atoms with van der Waals surface area (Å²) >= 11 is 0. The highest BCUT2D eigenvalue weighted by atomic mass is 16.7. The van der Waals surface area contributed by atoms with Crippen molar-refractivity contribution in [1.82, 2.24) is 0 Å². The molecule has 0 unspecified atom stereocenters. The molecule has 1 aromatic carbocycles. The molecule has 0 aromatic heterocycles. The Hall–Kier alpha value is -1.59. The molecule has 0 N–H and O–H groups in total. The van der Waals surface area contributed by atoms with E-state index in [0.29, 0.717) is 17.9 Å². The molecule has 0 spiro atoms. The molecule has 0 fully saturated rings. The molecule has 0 atom stereocenters. The minimum atomic E-state index is -0.591. The van der Waals surface area contributed by atoms with Gasteiger partial charge in [-0.15, -0.1) is 0 Å². The highest BCUT2D eigenvalue weighted by Crippen LogP contribution is 2.35. The average molecular weight is 324 g/mol. The molecule has 1 rings (SSSR count). The number of hydrogen-bond donors (Lipinski definition) is 0. The largest absolute Gasteiger partial charge is 0.466 e. The highest BCUT2D eigenvalue weighted by molar-refractivity contribution is 5.95. The molecule has 1 aromatic rings. The Kier molecular flexibility index (Phi) is 6.59. The molecular weight excluding hydrogens is 296 g/mol. The smallest absolute Gasteiger partial charge is 0.342 e. The maximum absolute atomic E-state index is 12.8. The summed E-state index contributed by atoms with van der Waals surface area (Å²) in [5.74, 6) is 0.0816. The fourth-order valence-electron chi connectivity index (χ4n) is 2.36. The fraction of sp³-hybridized carbons (Fsp3) is 0.611. The third-order valence-corrected chi connectivity index (χ3v) is 3.66. The van der Waals surface area contributed by atoms with Crippen LogP contribution in [0.5, 0.6) is 5.75 Å². The van der Waals surface area contributed by atoms with Crippen molar-refractivity contribution in [2.45, 2.75) is 53.8 Å². The summed E-state index contributed by atoms with van der Waals surface area (Å²) in [6.45, 7) is 11.8. The Morgan fingerprint density at radius 1 is 0.957 bits per heavy atom. The van der Waals surface area contributed by atoms with Crippen LogP contribution < -0.4 is 4.74 Å². The van der Waals surface area contributed by atoms with Crippen LogP contribution in [-0.4, -0.2) is 32.6 Å². The number of esters is 1. The van der Waals surface area contributed by atoms with Gasteiger partial charge >= 0.3 is 5.97 Å². The van der Waals surface area contributed by atoms with Gasteiger partial charge in [0.1, 0.15) is 16.9 Å². The molecule has 5 nitrogen and oxygen atoms in total. The summed E-state index contributed by atoms with van der Waals surface area (Å²) in [5, 5.41) is 0. The van der Waals surface area contributed by atoms with Gasteiger partial charge in [-0.3, -0.25) is 0 Å². The summed E-state index contributed by atoms with van der Waals surface area (Å²) in [6, 6.07) is 0. The SMILES string of the molecule is COCOc1c(C)c(C)c(C)c(COC)c1C(=O)OC(C)(C)C. The van der Waals surface area contributed by atoms with Crippen LogP contribution in [0.4, 0.5) is 0 Å². The molecule has 0 aliphatic heterocycles. The minimum Gasteiger partial charge on any atom is -0.466 e. The number of carbonyl (C=O) groups is 1. The fourth-order valence-corrected chi connectivity index (χ4v) is 2.36. The number of rotatable bonds is 6. The van der Waals surface area contributed by atoms with Gasteiger partial charge in [0.2, 0.25) is 0 Å². The topological polar surface area (TPSA) is 54.0 Å². The molecule has 0 aliphatic carbocycles. The Labute approximate surface area is 138 Å². The molecule has 0 heterocycles. The van der Waals surface area contributed by atoms with Crippen molar-refractivity contribution in [2.24, 2.45) is 0 Å². The average Bonchev–Trinajstić information content (AvgIpc) is 2.44. The number of benzene rings is 1. The maximum Gasteiger partial charge on any atom is 0.342 e. The molecule has 0 radical (unpaired) electrons. The summed E-state index contributed by atoms with van der Waals surface area (Å²) in [4.78, 5) is 12.8. The minimum absolute atomic E-state index is 0.0611. The van der Waals surface area contributed by atoms with E-state index in [0.717, 1.165) is 22.3 Å². The van der Waals surface area contributed by atoms with Crippen LogP contribution in [0.3, 0.4) is 0 Å². The molecule has 130 valence electrons. The zero-order valence-electron chi connectivity index (χ0n) is 15.5. The van der Waals surface area contributed by atoms with Gasteiger partial charge in [0.05, 0.1) is 6.61 Å². The van der Waals surface area contributed by atoms with E-state index in [1.807, 2.05) is 41.5 Å². The molecule has 0 bridgehead atoms. The maximum atomic E-state index is 12.8. The van der Waals surface area contributed by atoms with Crippen molar-refractivity contribution in [3.63, 3.8) is 0 Å². The molecule has 0 aliphatic rings. The van der Waals surface area contributed by atoms with Crippen molar-refractivity contribution < 1.29 is 23.7 Å². The Balaban J connectivity index is 3.55. The van der Waals surface area contributed by atoms with Crippen molar-refractivity contribution in [1.29, 1.82) is 0 Å². The van der Waals surface area contributed by atoms with Gasteiger partial charge in [0.15, 0.2) is 6.79 Å². The zero-order valence-corrected chi connectivity index (χ0v) is 15.5. The van der Waals surface area contributed by atoms with E-state index in [-0.39, 0.29) is 6.79 Å². The van der Waals surface area contributed by atoms with Crippen molar-refractivity contribution in [3.05, 3.63) is 27.8 Å². The van der Waals surface area contributed by atoms with Crippen molar-refractivity contribution in [3.8, 4) is 5.75 Å². The van der Waals surface area contributed by atoms with Gasteiger partial charge in [-0.2, -0.15) is 0 Å². The first-order valence-electron chi connectivity index (χ1n) is 7.60. The molecule has 0 amide bonds. The summed E-state index contributed by atoms with van der Waals surface area (Å²) in [7, 11) is 3.14. The van der Waals surface area contributed by atoms with Crippen molar-refractivity contribution in [2.75, 3.05) is 21.0 Å². The number of hydrogen-bond acceptors (Lipinski definition) is 5. The van der Waals surface area contributed by atoms with Crippen LogP contribution in [-0.2, 0) is 20.8 Å². The number of methoxy groups -OCH3 is 2. The normalized spacial score (nSPS) is 11.5. The lowest BCUT2D eigenvalue weighted by Crippen LogP contribution is -2.26. The summed E-state index contributed by atoms with van der Waals surface area (Å²) < 4.78 is 21.6. The second-order valence-electron chi connectivity index (χ2n) is 6.54. The van der Waals surface area contributed by atoms with E-state index in [1.165, 1.54) is 0 Å². The third-order valence-electron chi connectivity index (χ3n) is 3.66. The van der Waals surface area contributed by atoms with E-state index in [9.17, 15) is 4.79 Å². The molecule has 0 saturated carbocycles. The quantitative estimate of drug-likeness (QED) is 0.590. The van der Waals surface area contributed by atoms with Gasteiger partial charge in [0.25, 0.3) is 0 Å². The highest BCUT2D eigenvalue weighted by Gasteiger charge is 2.28. The van der Waals surface area contributed by atoms with Crippen LogP contribution in [0, 0.1) is 20.8 Å². The van der Waals surface area contributed by atoms with Gasteiger partial charge in [-0.05, 0) is 63.8 Å². The van der Waals surface area contributed by atoms with E-state index in [4.69, 9.17) is 18.9 Å². The Morgan fingerprint density at radius 2 is 1.57 bits per heavy atom. The van der Waals surface area contributed by atoms with E-state index >= 15 is 0 Å². The van der Waals surface area contributed by atoms with Crippen molar-refractivity contribution >= 4 is 5.97 Å². The summed E-state index contributed by atoms with van der Waals surface area (Å²) in [6.07, 6.45) is 0. The van der Waals surface area contributed by atoms with Crippen LogP contribution in [0.25, 0.3) is 0 Å². The first-order valence-corrected chi connectivity index (χ1v) is 7.60. The van der Waals surface area contributed by atoms with Crippen LogP contribution in [0.2, 0.25) is 0 Å².